The predicted molar refractivity (Wildman–Crippen MR) is 99.4 cm³/mol. The maximum atomic E-state index is 11.9. The average molecular weight is 350 g/mol. The van der Waals surface area contributed by atoms with Gasteiger partial charge in [-0.2, -0.15) is 4.98 Å². The van der Waals surface area contributed by atoms with Crippen molar-refractivity contribution in [1.82, 2.24) is 9.97 Å². The fraction of sp³-hybridized carbons (Fsp3) is 0.105. The van der Waals surface area contributed by atoms with Gasteiger partial charge in [-0.15, -0.1) is 0 Å². The standard InChI is InChI=1S/C19H18N4O3/c1-25-14-9-7-13(8-10-14)21-17-11-12-20-19(23-17)22-16-6-4-3-5-15(16)18(24)26-2/h3-12H,1-2H3,(H2,20,21,22,23). The van der Waals surface area contributed by atoms with Crippen molar-refractivity contribution in [3.05, 3.63) is 66.4 Å². The lowest BCUT2D eigenvalue weighted by molar-refractivity contribution is 0.0602. The molecule has 0 aliphatic heterocycles. The number of benzene rings is 2. The van der Waals surface area contributed by atoms with Gasteiger partial charge in [0, 0.05) is 11.9 Å². The highest BCUT2D eigenvalue weighted by atomic mass is 16.5. The summed E-state index contributed by atoms with van der Waals surface area (Å²) in [5.74, 6) is 1.32. The van der Waals surface area contributed by atoms with Crippen molar-refractivity contribution in [2.75, 3.05) is 24.9 Å². The molecule has 0 spiro atoms. The van der Waals surface area contributed by atoms with Crippen molar-refractivity contribution < 1.29 is 14.3 Å². The van der Waals surface area contributed by atoms with Crippen LogP contribution in [0.4, 0.5) is 23.1 Å². The summed E-state index contributed by atoms with van der Waals surface area (Å²) in [4.78, 5) is 20.5. The highest BCUT2D eigenvalue weighted by Crippen LogP contribution is 2.22. The largest absolute Gasteiger partial charge is 0.497 e. The molecule has 3 rings (SSSR count). The summed E-state index contributed by atoms with van der Waals surface area (Å²) in [7, 11) is 2.96. The molecule has 0 bridgehead atoms. The first-order valence-corrected chi connectivity index (χ1v) is 7.88. The Labute approximate surface area is 151 Å². The Morgan fingerprint density at radius 1 is 0.962 bits per heavy atom. The van der Waals surface area contributed by atoms with Crippen LogP contribution in [-0.2, 0) is 4.74 Å². The molecule has 26 heavy (non-hydrogen) atoms. The number of anilines is 4. The molecule has 3 aromatic rings. The second-order valence-electron chi connectivity index (χ2n) is 5.28. The van der Waals surface area contributed by atoms with Crippen LogP contribution in [-0.4, -0.2) is 30.2 Å². The van der Waals surface area contributed by atoms with Gasteiger partial charge in [-0.25, -0.2) is 9.78 Å². The van der Waals surface area contributed by atoms with E-state index in [1.54, 1.807) is 37.6 Å². The SMILES string of the molecule is COC(=O)c1ccccc1Nc1nccc(Nc2ccc(OC)cc2)n1. The minimum atomic E-state index is -0.430. The van der Waals surface area contributed by atoms with Gasteiger partial charge in [-0.3, -0.25) is 0 Å². The van der Waals surface area contributed by atoms with Gasteiger partial charge in [0.1, 0.15) is 11.6 Å². The van der Waals surface area contributed by atoms with Crippen LogP contribution in [0.2, 0.25) is 0 Å². The number of carbonyl (C=O) groups is 1. The van der Waals surface area contributed by atoms with Crippen molar-refractivity contribution in [2.45, 2.75) is 0 Å². The molecule has 0 atom stereocenters. The summed E-state index contributed by atoms with van der Waals surface area (Å²) in [5, 5.41) is 6.24. The van der Waals surface area contributed by atoms with E-state index in [9.17, 15) is 4.79 Å². The van der Waals surface area contributed by atoms with Crippen molar-refractivity contribution in [3.8, 4) is 5.75 Å². The zero-order valence-corrected chi connectivity index (χ0v) is 14.4. The molecular formula is C19H18N4O3. The molecule has 0 amide bonds. The number of methoxy groups -OCH3 is 2. The minimum Gasteiger partial charge on any atom is -0.497 e. The zero-order valence-electron chi connectivity index (χ0n) is 14.4. The van der Waals surface area contributed by atoms with Gasteiger partial charge < -0.3 is 20.1 Å². The fourth-order valence-corrected chi connectivity index (χ4v) is 2.31. The highest BCUT2D eigenvalue weighted by Gasteiger charge is 2.12. The first-order valence-electron chi connectivity index (χ1n) is 7.88. The minimum absolute atomic E-state index is 0.361. The molecule has 0 aliphatic carbocycles. The Hall–Kier alpha value is -3.61. The summed E-state index contributed by atoms with van der Waals surface area (Å²) in [5.41, 5.74) is 1.85. The average Bonchev–Trinajstić information content (AvgIpc) is 2.69. The number of ether oxygens (including phenoxy) is 2. The molecule has 1 heterocycles. The van der Waals surface area contributed by atoms with Crippen molar-refractivity contribution in [3.63, 3.8) is 0 Å². The van der Waals surface area contributed by atoms with E-state index >= 15 is 0 Å². The van der Waals surface area contributed by atoms with Crippen molar-refractivity contribution in [1.29, 1.82) is 0 Å². The van der Waals surface area contributed by atoms with Crippen LogP contribution in [0.15, 0.2) is 60.8 Å². The predicted octanol–water partition coefficient (Wildman–Crippen LogP) is 3.76. The molecule has 0 fully saturated rings. The molecule has 0 radical (unpaired) electrons. The van der Waals surface area contributed by atoms with E-state index in [4.69, 9.17) is 9.47 Å². The van der Waals surface area contributed by atoms with Crippen LogP contribution in [0, 0.1) is 0 Å². The Balaban J connectivity index is 1.78. The van der Waals surface area contributed by atoms with Crippen molar-refractivity contribution >= 4 is 29.1 Å². The van der Waals surface area contributed by atoms with E-state index in [0.29, 0.717) is 23.0 Å². The van der Waals surface area contributed by atoms with Crippen LogP contribution in [0.5, 0.6) is 5.75 Å². The Bertz CT molecular complexity index is 897. The summed E-state index contributed by atoms with van der Waals surface area (Å²) in [6.07, 6.45) is 1.63. The van der Waals surface area contributed by atoms with Gasteiger partial charge in [0.15, 0.2) is 0 Å². The van der Waals surface area contributed by atoms with Gasteiger partial charge >= 0.3 is 5.97 Å². The number of nitrogens with one attached hydrogen (secondary N) is 2. The molecule has 2 N–H and O–H groups in total. The van der Waals surface area contributed by atoms with Crippen LogP contribution < -0.4 is 15.4 Å². The molecule has 0 saturated carbocycles. The van der Waals surface area contributed by atoms with Crippen molar-refractivity contribution in [2.24, 2.45) is 0 Å². The lowest BCUT2D eigenvalue weighted by atomic mass is 10.2. The third-order valence-electron chi connectivity index (χ3n) is 3.60. The number of aromatic nitrogens is 2. The maximum Gasteiger partial charge on any atom is 0.339 e. The van der Waals surface area contributed by atoms with Gasteiger partial charge in [0.2, 0.25) is 5.95 Å². The number of hydrogen-bond acceptors (Lipinski definition) is 7. The van der Waals surface area contributed by atoms with Crippen LogP contribution in [0.1, 0.15) is 10.4 Å². The number of esters is 1. The van der Waals surface area contributed by atoms with Gasteiger partial charge in [-0.1, -0.05) is 12.1 Å². The Kier molecular flexibility index (Phi) is 5.28. The van der Waals surface area contributed by atoms with E-state index in [1.165, 1.54) is 7.11 Å². The molecule has 1 aromatic heterocycles. The second kappa shape index (κ2) is 7.98. The third-order valence-corrected chi connectivity index (χ3v) is 3.60. The third kappa shape index (κ3) is 4.07. The summed E-state index contributed by atoms with van der Waals surface area (Å²) >= 11 is 0. The van der Waals surface area contributed by atoms with Crippen LogP contribution in [0.25, 0.3) is 0 Å². The maximum absolute atomic E-state index is 11.9. The Morgan fingerprint density at radius 2 is 1.73 bits per heavy atom. The summed E-state index contributed by atoms with van der Waals surface area (Å²) in [6, 6.07) is 16.3. The van der Waals surface area contributed by atoms with E-state index in [0.717, 1.165) is 11.4 Å². The molecule has 132 valence electrons. The highest BCUT2D eigenvalue weighted by molar-refractivity contribution is 5.96. The lowest BCUT2D eigenvalue weighted by Gasteiger charge is -2.11. The summed E-state index contributed by atoms with van der Waals surface area (Å²) < 4.78 is 9.94. The van der Waals surface area contributed by atoms with Gasteiger partial charge in [0.25, 0.3) is 0 Å². The molecular weight excluding hydrogens is 332 g/mol. The second-order valence-corrected chi connectivity index (χ2v) is 5.28. The first kappa shape index (κ1) is 17.2. The van der Waals surface area contributed by atoms with E-state index in [-0.39, 0.29) is 0 Å². The smallest absolute Gasteiger partial charge is 0.339 e. The zero-order chi connectivity index (χ0) is 18.4. The molecule has 0 saturated heterocycles. The molecule has 2 aromatic carbocycles. The molecule has 0 aliphatic rings. The topological polar surface area (TPSA) is 85.4 Å². The number of nitrogens with zero attached hydrogens (tertiary/aromatic N) is 2. The van der Waals surface area contributed by atoms with E-state index in [2.05, 4.69) is 20.6 Å². The van der Waals surface area contributed by atoms with E-state index < -0.39 is 5.97 Å². The summed E-state index contributed by atoms with van der Waals surface area (Å²) in [6.45, 7) is 0. The number of para-hydroxylation sites is 1. The quantitative estimate of drug-likeness (QED) is 0.655. The number of rotatable bonds is 6. The monoisotopic (exact) mass is 350 g/mol. The van der Waals surface area contributed by atoms with E-state index in [1.807, 2.05) is 30.3 Å². The normalized spacial score (nSPS) is 10.1. The first-order chi connectivity index (χ1) is 12.7. The Morgan fingerprint density at radius 3 is 2.46 bits per heavy atom. The fourth-order valence-electron chi connectivity index (χ4n) is 2.31. The molecule has 7 heteroatoms. The van der Waals surface area contributed by atoms with Crippen LogP contribution in [0.3, 0.4) is 0 Å². The number of hydrogen-bond donors (Lipinski definition) is 2. The van der Waals surface area contributed by atoms with Gasteiger partial charge in [-0.05, 0) is 42.5 Å². The van der Waals surface area contributed by atoms with Crippen LogP contribution >= 0.6 is 0 Å². The lowest BCUT2D eigenvalue weighted by Crippen LogP contribution is -2.07. The van der Waals surface area contributed by atoms with Gasteiger partial charge in [0.05, 0.1) is 25.5 Å². The number of carbonyl (C=O) groups excluding carboxylic acids is 1. The molecule has 7 nitrogen and oxygen atoms in total. The molecule has 0 unspecified atom stereocenters.